The number of nitro groups is 1. The average Bonchev–Trinajstić information content (AvgIpc) is 3.12. The number of nitro benzene ring substituents is 1. The molecule has 0 unspecified atom stereocenters. The zero-order valence-corrected chi connectivity index (χ0v) is 19.8. The van der Waals surface area contributed by atoms with E-state index in [2.05, 4.69) is 0 Å². The number of carboxylic acids is 1. The summed E-state index contributed by atoms with van der Waals surface area (Å²) in [5.74, 6) is -2.28. The van der Waals surface area contributed by atoms with Crippen LogP contribution in [0, 0.1) is 10.1 Å². The number of aliphatic hydroxyl groups excluding tert-OH is 1. The number of methoxy groups -OCH3 is 2. The predicted octanol–water partition coefficient (Wildman–Crippen LogP) is 3.68. The maximum absolute atomic E-state index is 13.1. The number of amides is 1. The number of likely N-dealkylation sites (tertiary alicyclic amines) is 1. The van der Waals surface area contributed by atoms with Crippen LogP contribution in [0.25, 0.3) is 5.76 Å². The predicted molar refractivity (Wildman–Crippen MR) is 128 cm³/mol. The number of nitrogens with zero attached hydrogens (tertiary/aromatic N) is 2. The number of Topliss-reactive ketones (excluding diaryl/α,β-unsaturated/α-hetero) is 1. The van der Waals surface area contributed by atoms with E-state index in [0.717, 1.165) is 0 Å². The highest BCUT2D eigenvalue weighted by molar-refractivity contribution is 6.46. The van der Waals surface area contributed by atoms with Crippen molar-refractivity contribution in [2.24, 2.45) is 0 Å². The molecule has 1 atom stereocenters. The summed E-state index contributed by atoms with van der Waals surface area (Å²) in [6.45, 7) is 0.153. The summed E-state index contributed by atoms with van der Waals surface area (Å²) in [6, 6.07) is 8.91. The Hall–Kier alpha value is -4.41. The number of hydrogen-bond acceptors (Lipinski definition) is 8. The Labute approximate surface area is 206 Å². The number of ketones is 1. The lowest BCUT2D eigenvalue weighted by atomic mass is 9.94. The van der Waals surface area contributed by atoms with Crippen molar-refractivity contribution in [3.05, 3.63) is 69.3 Å². The zero-order valence-electron chi connectivity index (χ0n) is 19.8. The fourth-order valence-corrected chi connectivity index (χ4v) is 4.11. The van der Waals surface area contributed by atoms with Gasteiger partial charge in [-0.2, -0.15) is 0 Å². The van der Waals surface area contributed by atoms with Crippen molar-refractivity contribution >= 4 is 29.1 Å². The molecule has 11 nitrogen and oxygen atoms in total. The molecule has 36 heavy (non-hydrogen) atoms. The summed E-state index contributed by atoms with van der Waals surface area (Å²) in [7, 11) is 2.91. The van der Waals surface area contributed by atoms with Crippen LogP contribution in [0.1, 0.15) is 42.9 Å². The summed E-state index contributed by atoms with van der Waals surface area (Å²) >= 11 is 0. The van der Waals surface area contributed by atoms with E-state index in [1.165, 1.54) is 43.4 Å². The number of carbonyl (C=O) groups is 3. The molecule has 1 saturated heterocycles. The zero-order chi connectivity index (χ0) is 26.4. The molecule has 0 bridgehead atoms. The fraction of sp³-hybridized carbons (Fsp3) is 0.320. The van der Waals surface area contributed by atoms with Crippen LogP contribution >= 0.6 is 0 Å². The second kappa shape index (κ2) is 11.3. The summed E-state index contributed by atoms with van der Waals surface area (Å²) in [4.78, 5) is 48.6. The van der Waals surface area contributed by atoms with Gasteiger partial charge in [-0.1, -0.05) is 12.5 Å². The van der Waals surface area contributed by atoms with Gasteiger partial charge in [0, 0.05) is 30.7 Å². The number of rotatable bonds is 11. The summed E-state index contributed by atoms with van der Waals surface area (Å²) in [5, 5.41) is 30.9. The molecule has 0 aliphatic carbocycles. The Morgan fingerprint density at radius 1 is 1.00 bits per heavy atom. The van der Waals surface area contributed by atoms with Gasteiger partial charge < -0.3 is 24.6 Å². The highest BCUT2D eigenvalue weighted by atomic mass is 16.6. The number of ether oxygens (including phenoxy) is 2. The van der Waals surface area contributed by atoms with Crippen molar-refractivity contribution < 1.29 is 39.0 Å². The van der Waals surface area contributed by atoms with Crippen molar-refractivity contribution in [1.82, 2.24) is 4.90 Å². The van der Waals surface area contributed by atoms with E-state index in [1.54, 1.807) is 18.2 Å². The van der Waals surface area contributed by atoms with Crippen LogP contribution in [0.3, 0.4) is 0 Å². The number of non-ortho nitro benzene ring substituents is 1. The lowest BCUT2D eigenvalue weighted by molar-refractivity contribution is -0.384. The van der Waals surface area contributed by atoms with E-state index in [-0.39, 0.29) is 29.8 Å². The van der Waals surface area contributed by atoms with Crippen molar-refractivity contribution in [1.29, 1.82) is 0 Å². The highest BCUT2D eigenvalue weighted by Gasteiger charge is 2.46. The number of carboxylic acid groups (broad SMARTS) is 1. The molecule has 0 radical (unpaired) electrons. The quantitative estimate of drug-likeness (QED) is 0.118. The first-order valence-electron chi connectivity index (χ1n) is 11.2. The molecular weight excluding hydrogens is 472 g/mol. The molecule has 190 valence electrons. The minimum atomic E-state index is -0.959. The van der Waals surface area contributed by atoms with Gasteiger partial charge >= 0.3 is 5.97 Å². The highest BCUT2D eigenvalue weighted by Crippen LogP contribution is 2.42. The van der Waals surface area contributed by atoms with Crippen LogP contribution in [0.4, 0.5) is 5.69 Å². The van der Waals surface area contributed by atoms with Crippen molar-refractivity contribution in [2.45, 2.75) is 31.7 Å². The van der Waals surface area contributed by atoms with Gasteiger partial charge in [-0.05, 0) is 42.7 Å². The third-order valence-electron chi connectivity index (χ3n) is 5.90. The van der Waals surface area contributed by atoms with Gasteiger partial charge in [0.15, 0.2) is 11.5 Å². The number of aliphatic carboxylic acids is 1. The fourth-order valence-electron chi connectivity index (χ4n) is 4.11. The largest absolute Gasteiger partial charge is 0.507 e. The molecule has 1 aliphatic heterocycles. The van der Waals surface area contributed by atoms with Crippen molar-refractivity contribution in [3.63, 3.8) is 0 Å². The van der Waals surface area contributed by atoms with Crippen LogP contribution in [0.2, 0.25) is 0 Å². The minimum absolute atomic E-state index is 0.00192. The molecule has 0 spiro atoms. The number of carbonyl (C=O) groups excluding carboxylic acids is 2. The molecule has 3 rings (SSSR count). The van der Waals surface area contributed by atoms with Gasteiger partial charge in [0.05, 0.1) is 30.8 Å². The molecule has 1 amide bonds. The Morgan fingerprint density at radius 2 is 1.67 bits per heavy atom. The van der Waals surface area contributed by atoms with Gasteiger partial charge in [-0.15, -0.1) is 0 Å². The van der Waals surface area contributed by atoms with Crippen LogP contribution in [0.5, 0.6) is 11.5 Å². The van der Waals surface area contributed by atoms with E-state index in [4.69, 9.17) is 14.6 Å². The molecule has 1 fully saturated rings. The second-order valence-corrected chi connectivity index (χ2v) is 8.12. The number of aliphatic hydroxyl groups is 1. The van der Waals surface area contributed by atoms with E-state index >= 15 is 0 Å². The van der Waals surface area contributed by atoms with Crippen LogP contribution in [-0.2, 0) is 14.4 Å². The first-order chi connectivity index (χ1) is 17.2. The van der Waals surface area contributed by atoms with Gasteiger partial charge in [0.25, 0.3) is 17.4 Å². The van der Waals surface area contributed by atoms with Gasteiger partial charge in [0.1, 0.15) is 5.76 Å². The Kier molecular flexibility index (Phi) is 8.26. The summed E-state index contributed by atoms with van der Waals surface area (Å²) < 4.78 is 10.6. The Bertz CT molecular complexity index is 1200. The lowest BCUT2D eigenvalue weighted by Gasteiger charge is -2.26. The van der Waals surface area contributed by atoms with Crippen LogP contribution in [-0.4, -0.2) is 58.5 Å². The lowest BCUT2D eigenvalue weighted by Crippen LogP contribution is -2.30. The average molecular weight is 498 g/mol. The summed E-state index contributed by atoms with van der Waals surface area (Å²) in [6.07, 6.45) is 1.39. The standard InChI is InChI=1S/C25H26N2O9/c1-35-18-12-9-16(14-19(18)36-2)22-21(23(30)15-7-10-17(11-8-15)27(33)34)24(31)25(32)26(22)13-5-3-4-6-20(28)29/h7-12,14,22,30H,3-6,13H2,1-2H3,(H,28,29)/t22-/m0/s1. The molecule has 2 N–H and O–H groups in total. The first-order valence-corrected chi connectivity index (χ1v) is 11.2. The second-order valence-electron chi connectivity index (χ2n) is 8.12. The normalized spacial score (nSPS) is 16.7. The molecule has 0 aromatic heterocycles. The SMILES string of the molecule is COc1ccc([C@H]2C(=C(O)c3ccc([N+](=O)[O-])cc3)C(=O)C(=O)N2CCCCCC(=O)O)cc1OC. The van der Waals surface area contributed by atoms with E-state index in [0.29, 0.717) is 36.3 Å². The third kappa shape index (κ3) is 5.45. The number of hydrogen-bond donors (Lipinski definition) is 2. The third-order valence-corrected chi connectivity index (χ3v) is 5.90. The number of unbranched alkanes of at least 4 members (excludes halogenated alkanes) is 2. The maximum atomic E-state index is 13.1. The van der Waals surface area contributed by atoms with Crippen molar-refractivity contribution in [2.75, 3.05) is 20.8 Å². The molecular formula is C25H26N2O9. The van der Waals surface area contributed by atoms with E-state index < -0.39 is 34.4 Å². The maximum Gasteiger partial charge on any atom is 0.303 e. The summed E-state index contributed by atoms with van der Waals surface area (Å²) in [5.41, 5.74) is 0.280. The van der Waals surface area contributed by atoms with E-state index in [1.807, 2.05) is 0 Å². The van der Waals surface area contributed by atoms with Gasteiger partial charge in [-0.3, -0.25) is 24.5 Å². The van der Waals surface area contributed by atoms with Gasteiger partial charge in [-0.25, -0.2) is 0 Å². The molecule has 1 aliphatic rings. The molecule has 2 aromatic carbocycles. The monoisotopic (exact) mass is 498 g/mol. The Balaban J connectivity index is 2.05. The topological polar surface area (TPSA) is 157 Å². The van der Waals surface area contributed by atoms with Crippen LogP contribution in [0.15, 0.2) is 48.0 Å². The molecule has 0 saturated carbocycles. The first kappa shape index (κ1) is 26.2. The van der Waals surface area contributed by atoms with Crippen LogP contribution < -0.4 is 9.47 Å². The molecule has 2 aromatic rings. The molecule has 11 heteroatoms. The van der Waals surface area contributed by atoms with Gasteiger partial charge in [0.2, 0.25) is 0 Å². The van der Waals surface area contributed by atoms with Crippen molar-refractivity contribution in [3.8, 4) is 11.5 Å². The number of benzene rings is 2. The molecule has 1 heterocycles. The Morgan fingerprint density at radius 3 is 2.25 bits per heavy atom. The minimum Gasteiger partial charge on any atom is -0.507 e. The smallest absolute Gasteiger partial charge is 0.303 e. The van der Waals surface area contributed by atoms with E-state index in [9.17, 15) is 29.6 Å².